The maximum absolute atomic E-state index is 11.1. The molecule has 268 valence electrons. The van der Waals surface area contributed by atoms with Crippen LogP contribution in [0, 0.1) is 0 Å². The molecular weight excluding hydrogens is 662 g/mol. The van der Waals surface area contributed by atoms with Crippen LogP contribution in [0.4, 0.5) is 0 Å². The number of morpholine rings is 2. The molecule has 4 saturated heterocycles. The van der Waals surface area contributed by atoms with Gasteiger partial charge in [-0.3, -0.25) is 63.0 Å². The first-order valence-electron chi connectivity index (χ1n) is 16.0. The van der Waals surface area contributed by atoms with Gasteiger partial charge in [0.1, 0.15) is 37.7 Å². The normalized spacial score (nSPS) is 34.5. The van der Waals surface area contributed by atoms with Gasteiger partial charge < -0.3 is 18.6 Å². The molecule has 0 aromatic rings. The summed E-state index contributed by atoms with van der Waals surface area (Å²) in [4.78, 5) is 4.44. The number of hydrogen-bond acceptors (Lipinski definition) is 20. The molecule has 1 saturated carbocycles. The van der Waals surface area contributed by atoms with Crippen molar-refractivity contribution < 1.29 is 73.1 Å². The van der Waals surface area contributed by atoms with Gasteiger partial charge in [0.2, 0.25) is 0 Å². The Morgan fingerprint density at radius 3 is 1.35 bits per heavy atom. The first-order valence-corrected chi connectivity index (χ1v) is 19.2. The van der Waals surface area contributed by atoms with Crippen molar-refractivity contribution in [1.82, 2.24) is 63.0 Å². The Balaban J connectivity index is 0.00000312. The molecule has 8 atom stereocenters. The van der Waals surface area contributed by atoms with E-state index in [2.05, 4.69) is 63.0 Å². The predicted molar refractivity (Wildman–Crippen MR) is 164 cm³/mol. The maximum atomic E-state index is 11.1. The molecule has 4 heterocycles. The van der Waals surface area contributed by atoms with Gasteiger partial charge in [-0.05, 0) is 19.3 Å². The second-order valence-electron chi connectivity index (χ2n) is 12.2. The van der Waals surface area contributed by atoms with E-state index in [0.717, 1.165) is 51.9 Å². The largest absolute Gasteiger partial charge is 1.00 e. The molecule has 0 bridgehead atoms. The van der Waals surface area contributed by atoms with Crippen molar-refractivity contribution >= 4 is 20.2 Å². The van der Waals surface area contributed by atoms with Crippen molar-refractivity contribution in [1.29, 1.82) is 0 Å². The molecule has 0 radical (unpaired) electrons. The molecule has 5 rings (SSSR count). The zero-order valence-corrected chi connectivity index (χ0v) is 29.5. The van der Waals surface area contributed by atoms with Gasteiger partial charge in [0.05, 0.1) is 58.2 Å². The molecule has 1 aliphatic carbocycles. The monoisotopic (exact) mass is 712 g/mol. The summed E-state index contributed by atoms with van der Waals surface area (Å²) < 4.78 is 77.8. The molecule has 48 heavy (non-hydrogen) atoms. The van der Waals surface area contributed by atoms with Crippen LogP contribution in [0.1, 0.15) is 25.7 Å². The molecule has 4 aliphatic heterocycles. The average molecular weight is 713 g/mol. The summed E-state index contributed by atoms with van der Waals surface area (Å²) in [6.07, 6.45) is 1.89. The van der Waals surface area contributed by atoms with Gasteiger partial charge >= 0.3 is 37.7 Å². The standard InChI is InChI=1S/C24H52N12O8S2.2Li/c37-45(38,39)14-4-25-19-29-21(33-23(31-19)35-6-10-43-11-7-35)27-17-2-1-3-18(16-17)28-22-30-20(26-5-15-46(40,41)42)32-24(34-22)36-8-12-44-13-9-36;;/h17-34H,1-16H2,(H,37,38,39)(H,40,41,42);;/q;2*+1/p-2. The summed E-state index contributed by atoms with van der Waals surface area (Å²) in [5.41, 5.74) is 0. The van der Waals surface area contributed by atoms with Crippen LogP contribution in [0.25, 0.3) is 0 Å². The number of rotatable bonds is 14. The summed E-state index contributed by atoms with van der Waals surface area (Å²) in [7, 11) is -8.67. The van der Waals surface area contributed by atoms with Crippen LogP contribution in [0.2, 0.25) is 0 Å². The van der Waals surface area contributed by atoms with E-state index in [0.29, 0.717) is 26.4 Å². The van der Waals surface area contributed by atoms with Crippen molar-refractivity contribution in [3.05, 3.63) is 0 Å². The minimum absolute atomic E-state index is 0. The Bertz CT molecular complexity index is 1070. The van der Waals surface area contributed by atoms with E-state index in [1.165, 1.54) is 0 Å². The third kappa shape index (κ3) is 14.8. The molecule has 0 aromatic carbocycles. The van der Waals surface area contributed by atoms with Crippen molar-refractivity contribution in [3.63, 3.8) is 0 Å². The molecule has 20 nitrogen and oxygen atoms in total. The van der Waals surface area contributed by atoms with Gasteiger partial charge in [0.25, 0.3) is 0 Å². The second-order valence-corrected chi connectivity index (χ2v) is 15.2. The van der Waals surface area contributed by atoms with Crippen molar-refractivity contribution in [2.45, 2.75) is 75.5 Å². The number of nitrogens with one attached hydrogen (secondary N) is 10. The topological polar surface area (TPSA) is 260 Å². The van der Waals surface area contributed by atoms with E-state index >= 15 is 0 Å². The van der Waals surface area contributed by atoms with Gasteiger partial charge in [-0.15, -0.1) is 0 Å². The quantitative estimate of drug-likeness (QED) is 0.0592. The summed E-state index contributed by atoms with van der Waals surface area (Å²) in [6.45, 7) is 5.44. The second kappa shape index (κ2) is 20.6. The number of ether oxygens (including phenoxy) is 2. The minimum Gasteiger partial charge on any atom is -0.748 e. The van der Waals surface area contributed by atoms with E-state index < -0.39 is 44.3 Å². The molecule has 0 spiro atoms. The molecule has 5 fully saturated rings. The Labute approximate surface area is 307 Å². The summed E-state index contributed by atoms with van der Waals surface area (Å²) in [5.74, 6) is -1.01. The van der Waals surface area contributed by atoms with E-state index in [1.54, 1.807) is 0 Å². The van der Waals surface area contributed by atoms with Gasteiger partial charge in [-0.25, -0.2) is 16.8 Å². The first-order chi connectivity index (χ1) is 22.0. The Hall–Kier alpha value is 0.455. The van der Waals surface area contributed by atoms with Gasteiger partial charge in [-0.1, -0.05) is 6.42 Å². The van der Waals surface area contributed by atoms with Gasteiger partial charge in [0.15, 0.2) is 0 Å². The Morgan fingerprint density at radius 1 is 0.604 bits per heavy atom. The molecule has 8 unspecified atom stereocenters. The third-order valence-electron chi connectivity index (χ3n) is 8.67. The zero-order chi connectivity index (χ0) is 32.6. The smallest absolute Gasteiger partial charge is 0.748 e. The molecule has 10 N–H and O–H groups in total. The van der Waals surface area contributed by atoms with E-state index in [4.69, 9.17) is 9.47 Å². The SMILES string of the molecule is O=S(=O)([O-])CCNC1NC(NC2CCCC(NC3NC(NCCS(=O)(=O)[O-])NC(N4CCOCC4)N3)C2)NC(N2CCOCC2)N1.[Li+].[Li+]. The molecule has 0 amide bonds. The van der Waals surface area contributed by atoms with E-state index in [-0.39, 0.29) is 88.1 Å². The molecule has 24 heteroatoms. The molecule has 0 aromatic heterocycles. The number of nitrogens with zero attached hydrogens (tertiary/aromatic N) is 2. The zero-order valence-electron chi connectivity index (χ0n) is 27.9. The van der Waals surface area contributed by atoms with Crippen LogP contribution in [0.5, 0.6) is 0 Å². The van der Waals surface area contributed by atoms with Crippen molar-refractivity contribution in [3.8, 4) is 0 Å². The van der Waals surface area contributed by atoms with Crippen molar-refractivity contribution in [2.24, 2.45) is 0 Å². The maximum Gasteiger partial charge on any atom is 1.00 e. The van der Waals surface area contributed by atoms with Crippen LogP contribution >= 0.6 is 0 Å². The summed E-state index contributed by atoms with van der Waals surface area (Å²) in [5, 5.41) is 34.2. The predicted octanol–water partition coefficient (Wildman–Crippen LogP) is -12.3. The summed E-state index contributed by atoms with van der Waals surface area (Å²) >= 11 is 0. The van der Waals surface area contributed by atoms with Crippen LogP contribution in [-0.4, -0.2) is 163 Å². The van der Waals surface area contributed by atoms with Gasteiger partial charge in [0, 0.05) is 51.4 Å². The Kier molecular flexibility index (Phi) is 18.4. The van der Waals surface area contributed by atoms with E-state index in [9.17, 15) is 25.9 Å². The van der Waals surface area contributed by atoms with Gasteiger partial charge in [-0.2, -0.15) is 0 Å². The third-order valence-corrected chi connectivity index (χ3v) is 10.1. The fraction of sp³-hybridized carbons (Fsp3) is 1.00. The molecular formula is C24H50Li2N12O8S2. The van der Waals surface area contributed by atoms with Crippen LogP contribution in [-0.2, 0) is 29.7 Å². The first kappa shape index (κ1) is 42.9. The van der Waals surface area contributed by atoms with E-state index in [1.807, 2.05) is 0 Å². The fourth-order valence-corrected chi connectivity index (χ4v) is 7.13. The minimum atomic E-state index is -4.33. The molecule has 5 aliphatic rings. The van der Waals surface area contributed by atoms with Crippen LogP contribution < -0.4 is 90.9 Å². The summed E-state index contributed by atoms with van der Waals surface area (Å²) in [6, 6.07) is 0.325. The average Bonchev–Trinajstić information content (AvgIpc) is 3.01. The Morgan fingerprint density at radius 2 is 0.979 bits per heavy atom. The number of hydrogen-bond donors (Lipinski definition) is 10. The fourth-order valence-electron chi connectivity index (χ4n) is 6.40. The van der Waals surface area contributed by atoms with Crippen LogP contribution in [0.3, 0.4) is 0 Å². The van der Waals surface area contributed by atoms with Crippen molar-refractivity contribution in [2.75, 3.05) is 77.2 Å². The van der Waals surface area contributed by atoms with Crippen LogP contribution in [0.15, 0.2) is 0 Å².